The first-order valence-corrected chi connectivity index (χ1v) is 6.57. The quantitative estimate of drug-likeness (QED) is 0.756. The molecule has 0 amide bonds. The first kappa shape index (κ1) is 14.9. The Morgan fingerprint density at radius 2 is 2.22 bits per heavy atom. The fraction of sp³-hybridized carbons (Fsp3) is 0.500. The van der Waals surface area contributed by atoms with Gasteiger partial charge in [-0.05, 0) is 55.5 Å². The van der Waals surface area contributed by atoms with Crippen molar-refractivity contribution in [3.8, 4) is 0 Å². The second kappa shape index (κ2) is 7.33. The molecule has 0 spiro atoms. The molecule has 6 heteroatoms. The first-order chi connectivity index (χ1) is 8.50. The van der Waals surface area contributed by atoms with E-state index in [1.165, 1.54) is 0 Å². The Labute approximate surface area is 115 Å². The second-order valence-electron chi connectivity index (χ2n) is 4.29. The summed E-state index contributed by atoms with van der Waals surface area (Å²) in [7, 11) is 4.07. The number of anilines is 1. The van der Waals surface area contributed by atoms with Crippen molar-refractivity contribution in [3.05, 3.63) is 22.3 Å². The number of rotatable bonds is 7. The summed E-state index contributed by atoms with van der Waals surface area (Å²) >= 11 is 3.21. The van der Waals surface area contributed by atoms with E-state index in [1.807, 2.05) is 14.1 Å². The lowest BCUT2D eigenvalue weighted by molar-refractivity contribution is 0.0697. The Kier molecular flexibility index (Phi) is 6.07. The average molecular weight is 316 g/mol. The molecular formula is C12H18BrN3O2. The maximum Gasteiger partial charge on any atom is 0.339 e. The molecule has 1 rings (SSSR count). The van der Waals surface area contributed by atoms with Crippen LogP contribution >= 0.6 is 15.9 Å². The number of nitrogens with one attached hydrogen (secondary N) is 1. The van der Waals surface area contributed by atoms with Crippen molar-refractivity contribution in [1.29, 1.82) is 0 Å². The van der Waals surface area contributed by atoms with Gasteiger partial charge < -0.3 is 15.3 Å². The fourth-order valence-electron chi connectivity index (χ4n) is 1.50. The number of unbranched alkanes of at least 4 members (excludes halogenated alkanes) is 1. The molecule has 0 atom stereocenters. The van der Waals surface area contributed by atoms with Crippen LogP contribution in [0.2, 0.25) is 0 Å². The predicted molar refractivity (Wildman–Crippen MR) is 75.2 cm³/mol. The highest BCUT2D eigenvalue weighted by molar-refractivity contribution is 9.10. The molecule has 0 aromatic carbocycles. The minimum Gasteiger partial charge on any atom is -0.478 e. The number of halogens is 1. The monoisotopic (exact) mass is 315 g/mol. The van der Waals surface area contributed by atoms with Crippen molar-refractivity contribution in [2.75, 3.05) is 32.5 Å². The number of pyridine rings is 1. The number of hydrogen-bond acceptors (Lipinski definition) is 4. The summed E-state index contributed by atoms with van der Waals surface area (Å²) in [4.78, 5) is 17.3. The molecule has 0 unspecified atom stereocenters. The van der Waals surface area contributed by atoms with Gasteiger partial charge in [0.25, 0.3) is 0 Å². The summed E-state index contributed by atoms with van der Waals surface area (Å²) in [6.07, 6.45) is 3.64. The van der Waals surface area contributed by atoms with Crippen LogP contribution in [-0.2, 0) is 0 Å². The highest BCUT2D eigenvalue weighted by Gasteiger charge is 2.11. The molecule has 1 heterocycles. The molecule has 18 heavy (non-hydrogen) atoms. The van der Waals surface area contributed by atoms with Crippen molar-refractivity contribution >= 4 is 27.7 Å². The lowest BCUT2D eigenvalue weighted by Crippen LogP contribution is -2.15. The molecule has 0 saturated heterocycles. The summed E-state index contributed by atoms with van der Waals surface area (Å²) in [6.45, 7) is 1.75. The smallest absolute Gasteiger partial charge is 0.339 e. The summed E-state index contributed by atoms with van der Waals surface area (Å²) in [5, 5.41) is 12.1. The van der Waals surface area contributed by atoms with Crippen LogP contribution in [0.1, 0.15) is 23.2 Å². The number of hydrogen-bond donors (Lipinski definition) is 2. The third-order valence-corrected chi connectivity index (χ3v) is 2.84. The Morgan fingerprint density at radius 3 is 2.83 bits per heavy atom. The Hall–Kier alpha value is -1.14. The molecule has 1 aromatic heterocycles. The molecule has 0 bridgehead atoms. The number of carboxylic acid groups (broad SMARTS) is 1. The average Bonchev–Trinajstić information content (AvgIpc) is 2.29. The number of aromatic carboxylic acids is 1. The Morgan fingerprint density at radius 1 is 1.50 bits per heavy atom. The van der Waals surface area contributed by atoms with E-state index in [2.05, 4.69) is 31.1 Å². The zero-order valence-electron chi connectivity index (χ0n) is 10.6. The lowest BCUT2D eigenvalue weighted by Gasteiger charge is -2.11. The van der Waals surface area contributed by atoms with Gasteiger partial charge in [-0.2, -0.15) is 0 Å². The minimum atomic E-state index is -0.973. The van der Waals surface area contributed by atoms with E-state index < -0.39 is 5.97 Å². The molecule has 2 N–H and O–H groups in total. The van der Waals surface area contributed by atoms with E-state index in [-0.39, 0.29) is 5.56 Å². The van der Waals surface area contributed by atoms with Crippen molar-refractivity contribution in [2.45, 2.75) is 12.8 Å². The van der Waals surface area contributed by atoms with Gasteiger partial charge in [0.05, 0.1) is 0 Å². The van der Waals surface area contributed by atoms with Gasteiger partial charge in [0.2, 0.25) is 0 Å². The fourth-order valence-corrected chi connectivity index (χ4v) is 1.83. The summed E-state index contributed by atoms with van der Waals surface area (Å²) in [5.74, 6) is -0.546. The Bertz CT molecular complexity index is 410. The van der Waals surface area contributed by atoms with Crippen LogP contribution in [0.25, 0.3) is 0 Å². The van der Waals surface area contributed by atoms with Gasteiger partial charge in [-0.1, -0.05) is 0 Å². The van der Waals surface area contributed by atoms with E-state index in [1.54, 1.807) is 12.3 Å². The number of nitrogens with zero attached hydrogens (tertiary/aromatic N) is 2. The molecule has 100 valence electrons. The Balaban J connectivity index is 2.49. The molecule has 0 fully saturated rings. The van der Waals surface area contributed by atoms with E-state index in [4.69, 9.17) is 5.11 Å². The van der Waals surface area contributed by atoms with Gasteiger partial charge in [0.1, 0.15) is 11.4 Å². The van der Waals surface area contributed by atoms with Crippen molar-refractivity contribution in [3.63, 3.8) is 0 Å². The molecule has 5 nitrogen and oxygen atoms in total. The number of carbonyl (C=O) groups is 1. The normalized spacial score (nSPS) is 10.7. The predicted octanol–water partition coefficient (Wildman–Crippen LogP) is 2.30. The number of aromatic nitrogens is 1. The van der Waals surface area contributed by atoms with Crippen molar-refractivity contribution in [2.24, 2.45) is 0 Å². The second-order valence-corrected chi connectivity index (χ2v) is 5.21. The zero-order chi connectivity index (χ0) is 13.5. The molecule has 0 aliphatic heterocycles. The van der Waals surface area contributed by atoms with Gasteiger partial charge in [0, 0.05) is 17.2 Å². The van der Waals surface area contributed by atoms with Crippen LogP contribution in [0.3, 0.4) is 0 Å². The van der Waals surface area contributed by atoms with Gasteiger partial charge in [-0.3, -0.25) is 0 Å². The van der Waals surface area contributed by atoms with Gasteiger partial charge >= 0.3 is 5.97 Å². The third kappa shape index (κ3) is 5.01. The van der Waals surface area contributed by atoms with E-state index in [9.17, 15) is 4.79 Å². The lowest BCUT2D eigenvalue weighted by atomic mass is 10.2. The molecule has 1 aromatic rings. The van der Waals surface area contributed by atoms with Crippen molar-refractivity contribution in [1.82, 2.24) is 9.88 Å². The highest BCUT2D eigenvalue weighted by Crippen LogP contribution is 2.18. The van der Waals surface area contributed by atoms with Gasteiger partial charge in [-0.25, -0.2) is 9.78 Å². The molecule has 0 saturated carbocycles. The van der Waals surface area contributed by atoms with Gasteiger partial charge in [-0.15, -0.1) is 0 Å². The maximum absolute atomic E-state index is 11.0. The van der Waals surface area contributed by atoms with Crippen LogP contribution in [0.4, 0.5) is 5.82 Å². The van der Waals surface area contributed by atoms with E-state index in [0.29, 0.717) is 10.3 Å². The molecular weight excluding hydrogens is 298 g/mol. The van der Waals surface area contributed by atoms with Crippen molar-refractivity contribution < 1.29 is 9.90 Å². The maximum atomic E-state index is 11.0. The van der Waals surface area contributed by atoms with Gasteiger partial charge in [0.15, 0.2) is 0 Å². The van der Waals surface area contributed by atoms with Crippen LogP contribution in [0.5, 0.6) is 0 Å². The highest BCUT2D eigenvalue weighted by atomic mass is 79.9. The van der Waals surface area contributed by atoms with Crippen LogP contribution in [0.15, 0.2) is 16.7 Å². The standard InChI is InChI=1S/C12H18BrN3O2/c1-16(2)6-4-3-5-14-11-10(12(17)18)7-9(13)8-15-11/h7-8H,3-6H2,1-2H3,(H,14,15)(H,17,18). The largest absolute Gasteiger partial charge is 0.478 e. The molecule has 0 aliphatic rings. The number of carboxylic acids is 1. The van der Waals surface area contributed by atoms with E-state index in [0.717, 1.165) is 25.9 Å². The van der Waals surface area contributed by atoms with E-state index >= 15 is 0 Å². The third-order valence-electron chi connectivity index (χ3n) is 2.41. The first-order valence-electron chi connectivity index (χ1n) is 5.78. The summed E-state index contributed by atoms with van der Waals surface area (Å²) in [5.41, 5.74) is 0.192. The summed E-state index contributed by atoms with van der Waals surface area (Å²) in [6, 6.07) is 1.55. The summed E-state index contributed by atoms with van der Waals surface area (Å²) < 4.78 is 0.665. The van der Waals surface area contributed by atoms with Crippen LogP contribution < -0.4 is 5.32 Å². The molecule has 0 aliphatic carbocycles. The van der Waals surface area contributed by atoms with Crippen LogP contribution in [0, 0.1) is 0 Å². The van der Waals surface area contributed by atoms with Crippen LogP contribution in [-0.4, -0.2) is 48.1 Å². The minimum absolute atomic E-state index is 0.192. The molecule has 0 radical (unpaired) electrons. The SMILES string of the molecule is CN(C)CCCCNc1ncc(Br)cc1C(=O)O. The zero-order valence-corrected chi connectivity index (χ0v) is 12.2. The topological polar surface area (TPSA) is 65.5 Å².